The number of rotatable bonds is 9. The number of ether oxygens (including phenoxy) is 1. The van der Waals surface area contributed by atoms with E-state index < -0.39 is 0 Å². The molecule has 1 aromatic carbocycles. The van der Waals surface area contributed by atoms with E-state index in [1.54, 1.807) is 11.3 Å². The molecule has 0 amide bonds. The Morgan fingerprint density at radius 1 is 1.32 bits per heavy atom. The van der Waals surface area contributed by atoms with E-state index in [1.807, 2.05) is 29.8 Å². The van der Waals surface area contributed by atoms with E-state index >= 15 is 0 Å². The molecule has 0 spiro atoms. The first kappa shape index (κ1) is 21.9. The van der Waals surface area contributed by atoms with Crippen LogP contribution in [0.5, 0.6) is 0 Å². The van der Waals surface area contributed by atoms with Crippen molar-refractivity contribution >= 4 is 39.2 Å². The predicted molar refractivity (Wildman–Crippen MR) is 123 cm³/mol. The number of thiazole rings is 1. The van der Waals surface area contributed by atoms with Gasteiger partial charge in [-0.2, -0.15) is 0 Å². The Bertz CT molecular complexity index is 1090. The van der Waals surface area contributed by atoms with Crippen LogP contribution in [0, 0.1) is 5.41 Å². The summed E-state index contributed by atoms with van der Waals surface area (Å²) < 4.78 is 7.22. The molecule has 1 aliphatic carbocycles. The second kappa shape index (κ2) is 9.06. The number of nitrogens with one attached hydrogen (secondary N) is 1. The summed E-state index contributed by atoms with van der Waals surface area (Å²) in [7, 11) is 1.97. The van der Waals surface area contributed by atoms with Crippen LogP contribution in [0.4, 0.5) is 11.1 Å². The van der Waals surface area contributed by atoms with Crippen LogP contribution in [0.3, 0.4) is 0 Å². The number of hydrogen-bond donors (Lipinski definition) is 2. The highest BCUT2D eigenvalue weighted by atomic mass is 32.1. The van der Waals surface area contributed by atoms with Gasteiger partial charge < -0.3 is 19.7 Å². The van der Waals surface area contributed by atoms with Crippen molar-refractivity contribution in [1.82, 2.24) is 14.5 Å². The third-order valence-electron chi connectivity index (χ3n) is 5.81. The van der Waals surface area contributed by atoms with Crippen LogP contribution in [0.1, 0.15) is 54.0 Å². The normalized spacial score (nSPS) is 15.2. The number of Topliss-reactive ketones (excluding diaryl/α,β-unsaturated/α-hetero) is 1. The molecule has 0 unspecified atom stereocenters. The summed E-state index contributed by atoms with van der Waals surface area (Å²) in [6.07, 6.45) is 4.31. The molecule has 0 atom stereocenters. The third-order valence-corrected chi connectivity index (χ3v) is 6.82. The van der Waals surface area contributed by atoms with Gasteiger partial charge in [0.15, 0.2) is 10.9 Å². The first-order valence-electron chi connectivity index (χ1n) is 10.8. The zero-order chi connectivity index (χ0) is 22.0. The molecule has 0 saturated heterocycles. The van der Waals surface area contributed by atoms with Crippen molar-refractivity contribution in [2.75, 3.05) is 25.1 Å². The quantitative estimate of drug-likeness (QED) is 0.380. The maximum atomic E-state index is 12.5. The molecule has 2 aromatic heterocycles. The number of benzene rings is 1. The fourth-order valence-electron chi connectivity index (χ4n) is 3.98. The first-order valence-corrected chi connectivity index (χ1v) is 11.6. The molecule has 2 N–H and O–H groups in total. The number of carbonyl (C=O) groups excluding carboxylic acids is 1. The van der Waals surface area contributed by atoms with Crippen LogP contribution < -0.4 is 5.32 Å². The molecule has 0 radical (unpaired) electrons. The molecule has 0 fully saturated rings. The van der Waals surface area contributed by atoms with Gasteiger partial charge in [0.2, 0.25) is 5.95 Å². The van der Waals surface area contributed by atoms with Crippen molar-refractivity contribution in [3.05, 3.63) is 34.3 Å². The van der Waals surface area contributed by atoms with Crippen LogP contribution in [-0.4, -0.2) is 45.2 Å². The minimum Gasteiger partial charge on any atom is -0.394 e. The highest BCUT2D eigenvalue weighted by molar-refractivity contribution is 7.15. The molecular formula is C23H30N4O3S. The minimum atomic E-state index is 0.00224. The predicted octanol–water partition coefficient (Wildman–Crippen LogP) is 4.26. The number of aliphatic hydroxyl groups excluding tert-OH is 1. The Hall–Kier alpha value is -2.29. The number of aryl methyl sites for hydroxylation is 2. The topological polar surface area (TPSA) is 89.3 Å². The fourth-order valence-corrected chi connectivity index (χ4v) is 5.24. The van der Waals surface area contributed by atoms with Gasteiger partial charge in [-0.05, 0) is 49.3 Å². The van der Waals surface area contributed by atoms with E-state index in [-0.39, 0.29) is 12.4 Å². The second-order valence-electron chi connectivity index (χ2n) is 8.92. The van der Waals surface area contributed by atoms with Crippen molar-refractivity contribution in [1.29, 1.82) is 0 Å². The van der Waals surface area contributed by atoms with Gasteiger partial charge in [0.1, 0.15) is 0 Å². The minimum absolute atomic E-state index is 0.00224. The van der Waals surface area contributed by atoms with Crippen LogP contribution in [0.2, 0.25) is 0 Å². The average Bonchev–Trinajstić information content (AvgIpc) is 3.26. The lowest BCUT2D eigenvalue weighted by atomic mass is 9.79. The molecule has 0 aliphatic heterocycles. The van der Waals surface area contributed by atoms with E-state index in [9.17, 15) is 4.79 Å². The van der Waals surface area contributed by atoms with Gasteiger partial charge in [-0.3, -0.25) is 4.79 Å². The molecule has 31 heavy (non-hydrogen) atoms. The van der Waals surface area contributed by atoms with Gasteiger partial charge in [-0.1, -0.05) is 13.8 Å². The van der Waals surface area contributed by atoms with Gasteiger partial charge in [0, 0.05) is 30.5 Å². The van der Waals surface area contributed by atoms with Gasteiger partial charge in [0.05, 0.1) is 29.9 Å². The Labute approximate surface area is 186 Å². The summed E-state index contributed by atoms with van der Waals surface area (Å²) in [5, 5.41) is 13.0. The monoisotopic (exact) mass is 442 g/mol. The summed E-state index contributed by atoms with van der Waals surface area (Å²) >= 11 is 1.72. The molecule has 8 heteroatoms. The number of fused-ring (bicyclic) bond motifs is 2. The summed E-state index contributed by atoms with van der Waals surface area (Å²) in [4.78, 5) is 23.4. The number of hydrogen-bond acceptors (Lipinski definition) is 7. The largest absolute Gasteiger partial charge is 0.394 e. The maximum Gasteiger partial charge on any atom is 0.209 e. The number of nitrogens with zero attached hydrogens (tertiary/aromatic N) is 3. The van der Waals surface area contributed by atoms with Crippen LogP contribution >= 0.6 is 11.3 Å². The van der Waals surface area contributed by atoms with E-state index in [0.29, 0.717) is 37.0 Å². The Kier molecular flexibility index (Phi) is 6.41. The molecule has 3 aromatic rings. The van der Waals surface area contributed by atoms with E-state index in [0.717, 1.165) is 35.0 Å². The lowest BCUT2D eigenvalue weighted by molar-refractivity contribution is 0.0832. The molecule has 2 heterocycles. The van der Waals surface area contributed by atoms with Crippen molar-refractivity contribution in [2.45, 2.75) is 46.0 Å². The lowest BCUT2D eigenvalue weighted by Crippen LogP contribution is -2.20. The molecule has 166 valence electrons. The fraction of sp³-hybridized carbons (Fsp3) is 0.522. The number of aliphatic hydroxyl groups is 1. The average molecular weight is 443 g/mol. The van der Waals surface area contributed by atoms with Gasteiger partial charge in [0.25, 0.3) is 0 Å². The van der Waals surface area contributed by atoms with Crippen LogP contribution in [-0.2, 0) is 24.6 Å². The Morgan fingerprint density at radius 3 is 2.97 bits per heavy atom. The Morgan fingerprint density at radius 2 is 2.16 bits per heavy atom. The van der Waals surface area contributed by atoms with Gasteiger partial charge >= 0.3 is 0 Å². The zero-order valence-electron chi connectivity index (χ0n) is 18.4. The Balaban J connectivity index is 1.47. The SMILES string of the molecule is Cn1c(Nc2nc3c(s2)CC(C)(C)CC3)nc2cc(C(=O)CCCOCCO)ccc21. The zero-order valence-corrected chi connectivity index (χ0v) is 19.2. The van der Waals surface area contributed by atoms with Crippen molar-refractivity contribution < 1.29 is 14.6 Å². The van der Waals surface area contributed by atoms with E-state index in [1.165, 1.54) is 17.0 Å². The van der Waals surface area contributed by atoms with Crippen molar-refractivity contribution in [3.8, 4) is 0 Å². The first-order chi connectivity index (χ1) is 14.9. The number of anilines is 2. The van der Waals surface area contributed by atoms with Crippen LogP contribution in [0.25, 0.3) is 11.0 Å². The van der Waals surface area contributed by atoms with Gasteiger partial charge in [-0.15, -0.1) is 11.3 Å². The molecule has 0 bridgehead atoms. The van der Waals surface area contributed by atoms with E-state index in [4.69, 9.17) is 19.8 Å². The summed E-state index contributed by atoms with van der Waals surface area (Å²) in [5.41, 5.74) is 3.96. The van der Waals surface area contributed by atoms with E-state index in [2.05, 4.69) is 19.2 Å². The summed E-state index contributed by atoms with van der Waals surface area (Å²) in [5.74, 6) is 0.798. The molecular weight excluding hydrogens is 412 g/mol. The third kappa shape index (κ3) is 4.97. The number of aromatic nitrogens is 3. The lowest BCUT2D eigenvalue weighted by Gasteiger charge is -2.28. The maximum absolute atomic E-state index is 12.5. The number of carbonyl (C=O) groups is 1. The van der Waals surface area contributed by atoms with Gasteiger partial charge in [-0.25, -0.2) is 9.97 Å². The van der Waals surface area contributed by atoms with Crippen LogP contribution in [0.15, 0.2) is 18.2 Å². The van der Waals surface area contributed by atoms with Crippen molar-refractivity contribution in [3.63, 3.8) is 0 Å². The molecule has 0 saturated carbocycles. The molecule has 7 nitrogen and oxygen atoms in total. The number of imidazole rings is 1. The highest BCUT2D eigenvalue weighted by Crippen LogP contribution is 2.39. The number of ketones is 1. The standard InChI is InChI=1S/C23H30N4O3S/c1-23(2)9-8-16-20(14-23)31-22(25-16)26-21-24-17-13-15(6-7-18(17)27(21)3)19(29)5-4-11-30-12-10-28/h6-7,13,28H,4-5,8-12,14H2,1-3H3,(H,24,25,26). The highest BCUT2D eigenvalue weighted by Gasteiger charge is 2.28. The summed E-state index contributed by atoms with van der Waals surface area (Å²) in [6.45, 7) is 5.41. The molecule has 1 aliphatic rings. The smallest absolute Gasteiger partial charge is 0.209 e. The van der Waals surface area contributed by atoms with Crippen molar-refractivity contribution in [2.24, 2.45) is 12.5 Å². The second-order valence-corrected chi connectivity index (χ2v) is 10.00. The summed E-state index contributed by atoms with van der Waals surface area (Å²) in [6, 6.07) is 5.65. The molecule has 4 rings (SSSR count).